The topological polar surface area (TPSA) is 83.3 Å². The Morgan fingerprint density at radius 2 is 1.73 bits per heavy atom. The largest absolute Gasteiger partial charge is 0.478 e. The third-order valence-corrected chi connectivity index (χ3v) is 6.08. The van der Waals surface area contributed by atoms with E-state index >= 15 is 0 Å². The summed E-state index contributed by atoms with van der Waals surface area (Å²) in [6, 6.07) is 22.3. The van der Waals surface area contributed by atoms with Crippen LogP contribution in [0.15, 0.2) is 91.4 Å². The second-order valence-electron chi connectivity index (χ2n) is 7.73. The molecule has 1 aliphatic heterocycles. The van der Waals surface area contributed by atoms with Crippen LogP contribution >= 0.6 is 12.2 Å². The lowest BCUT2D eigenvalue weighted by molar-refractivity contribution is 0.0697. The number of thiocarbonyl (C=S) groups is 1. The maximum Gasteiger partial charge on any atom is 0.335 e. The van der Waals surface area contributed by atoms with Gasteiger partial charge in [-0.3, -0.25) is 9.97 Å². The van der Waals surface area contributed by atoms with Crippen LogP contribution in [0.3, 0.4) is 0 Å². The van der Waals surface area contributed by atoms with Gasteiger partial charge in [-0.15, -0.1) is 0 Å². The van der Waals surface area contributed by atoms with Gasteiger partial charge < -0.3 is 19.9 Å². The zero-order valence-corrected chi connectivity index (χ0v) is 18.4. The number of rotatable bonds is 6. The van der Waals surface area contributed by atoms with Gasteiger partial charge in [0.25, 0.3) is 0 Å². The van der Waals surface area contributed by atoms with E-state index in [2.05, 4.69) is 30.8 Å². The van der Waals surface area contributed by atoms with Crippen molar-refractivity contribution in [3.8, 4) is 5.69 Å². The van der Waals surface area contributed by atoms with Crippen molar-refractivity contribution in [1.82, 2.24) is 24.8 Å². The number of hydrogen-bond donors (Lipinski definition) is 2. The van der Waals surface area contributed by atoms with Crippen LogP contribution in [-0.2, 0) is 6.54 Å². The van der Waals surface area contributed by atoms with Gasteiger partial charge in [0.15, 0.2) is 5.11 Å². The molecule has 8 heteroatoms. The lowest BCUT2D eigenvalue weighted by Crippen LogP contribution is -2.30. The second kappa shape index (κ2) is 8.84. The Bertz CT molecular complexity index is 1280. The second-order valence-corrected chi connectivity index (χ2v) is 8.12. The monoisotopic (exact) mass is 455 g/mol. The van der Waals surface area contributed by atoms with E-state index in [9.17, 15) is 9.90 Å². The first-order valence-electron chi connectivity index (χ1n) is 10.5. The van der Waals surface area contributed by atoms with Crippen LogP contribution in [0.5, 0.6) is 0 Å². The molecule has 0 aliphatic carbocycles. The molecular formula is C25H21N5O2S. The summed E-state index contributed by atoms with van der Waals surface area (Å²) in [6.45, 7) is 0.545. The molecule has 0 bridgehead atoms. The number of carbonyl (C=O) groups is 1. The van der Waals surface area contributed by atoms with Crippen molar-refractivity contribution >= 4 is 23.3 Å². The maximum absolute atomic E-state index is 11.3. The lowest BCUT2D eigenvalue weighted by Gasteiger charge is -2.28. The number of aromatic carboxylic acids is 1. The quantitative estimate of drug-likeness (QED) is 0.423. The van der Waals surface area contributed by atoms with E-state index in [4.69, 9.17) is 12.2 Å². The molecule has 4 aromatic rings. The van der Waals surface area contributed by atoms with Gasteiger partial charge in [0.05, 0.1) is 35.6 Å². The highest BCUT2D eigenvalue weighted by Gasteiger charge is 2.41. The average Bonchev–Trinajstić information content (AvgIpc) is 3.45. The molecule has 3 aromatic heterocycles. The van der Waals surface area contributed by atoms with Crippen molar-refractivity contribution in [1.29, 1.82) is 0 Å². The molecule has 1 aromatic carbocycles. The molecule has 2 atom stereocenters. The Hall–Kier alpha value is -4.04. The fourth-order valence-corrected chi connectivity index (χ4v) is 4.50. The van der Waals surface area contributed by atoms with Gasteiger partial charge in [0.1, 0.15) is 0 Å². The molecule has 0 amide bonds. The zero-order valence-electron chi connectivity index (χ0n) is 17.6. The molecule has 4 heterocycles. The molecule has 2 N–H and O–H groups in total. The van der Waals surface area contributed by atoms with Crippen molar-refractivity contribution in [2.45, 2.75) is 18.6 Å². The zero-order chi connectivity index (χ0) is 22.8. The van der Waals surface area contributed by atoms with Crippen molar-refractivity contribution in [3.63, 3.8) is 0 Å². The first kappa shape index (κ1) is 20.8. The van der Waals surface area contributed by atoms with Gasteiger partial charge in [-0.05, 0) is 72.9 Å². The highest BCUT2D eigenvalue weighted by atomic mass is 32.1. The summed E-state index contributed by atoms with van der Waals surface area (Å²) in [6.07, 6.45) is 5.53. The lowest BCUT2D eigenvalue weighted by atomic mass is 10.0. The Balaban J connectivity index is 1.58. The molecule has 2 unspecified atom stereocenters. The van der Waals surface area contributed by atoms with Crippen LogP contribution in [0.1, 0.15) is 39.5 Å². The Kier molecular flexibility index (Phi) is 5.58. The number of nitrogens with zero attached hydrogens (tertiary/aromatic N) is 4. The molecule has 164 valence electrons. The Labute approximate surface area is 196 Å². The number of carboxylic acids is 1. The molecule has 1 fully saturated rings. The molecule has 5 rings (SSSR count). The summed E-state index contributed by atoms with van der Waals surface area (Å²) in [7, 11) is 0. The van der Waals surface area contributed by atoms with Gasteiger partial charge in [-0.2, -0.15) is 0 Å². The van der Waals surface area contributed by atoms with E-state index < -0.39 is 5.97 Å². The highest BCUT2D eigenvalue weighted by Crippen LogP contribution is 2.40. The minimum atomic E-state index is -0.948. The fourth-order valence-electron chi connectivity index (χ4n) is 4.20. The van der Waals surface area contributed by atoms with Gasteiger partial charge in [0, 0.05) is 30.0 Å². The summed E-state index contributed by atoms with van der Waals surface area (Å²) < 4.78 is 2.06. The number of pyridine rings is 2. The predicted molar refractivity (Wildman–Crippen MR) is 128 cm³/mol. The summed E-state index contributed by atoms with van der Waals surface area (Å²) in [5, 5.41) is 13.3. The summed E-state index contributed by atoms with van der Waals surface area (Å²) >= 11 is 5.76. The Morgan fingerprint density at radius 3 is 2.39 bits per heavy atom. The average molecular weight is 456 g/mol. The van der Waals surface area contributed by atoms with Crippen LogP contribution in [0.4, 0.5) is 0 Å². The van der Waals surface area contributed by atoms with Crippen LogP contribution in [0.2, 0.25) is 0 Å². The third-order valence-electron chi connectivity index (χ3n) is 5.73. The minimum Gasteiger partial charge on any atom is -0.478 e. The molecule has 1 aliphatic rings. The summed E-state index contributed by atoms with van der Waals surface area (Å²) in [4.78, 5) is 22.5. The van der Waals surface area contributed by atoms with Gasteiger partial charge >= 0.3 is 5.97 Å². The maximum atomic E-state index is 11.3. The molecule has 0 spiro atoms. The standard InChI is InChI=1S/C25H21N5O2S/c31-24(32)17-9-11-19(12-10-17)29-15-5-8-21(29)23-22(20-7-2-4-14-27-20)28-25(33)30(23)16-18-6-1-3-13-26-18/h1-15,22-23H,16H2,(H,28,33)(H,31,32). The SMILES string of the molecule is O=C(O)c1ccc(-n2cccc2C2C(c3ccccn3)NC(=S)N2Cc2ccccn2)cc1. The van der Waals surface area contributed by atoms with Crippen molar-refractivity contribution < 1.29 is 9.90 Å². The van der Waals surface area contributed by atoms with E-state index in [0.29, 0.717) is 11.7 Å². The van der Waals surface area contributed by atoms with Crippen LogP contribution in [-0.4, -0.2) is 35.6 Å². The van der Waals surface area contributed by atoms with Gasteiger partial charge in [-0.25, -0.2) is 4.79 Å². The summed E-state index contributed by atoms with van der Waals surface area (Å²) in [5.41, 5.74) is 3.94. The van der Waals surface area contributed by atoms with Gasteiger partial charge in [0.2, 0.25) is 0 Å². The number of hydrogen-bond acceptors (Lipinski definition) is 4. The van der Waals surface area contributed by atoms with E-state index in [0.717, 1.165) is 22.8 Å². The smallest absolute Gasteiger partial charge is 0.335 e. The molecule has 0 radical (unpaired) electrons. The molecule has 0 saturated carbocycles. The van der Waals surface area contributed by atoms with Crippen LogP contribution in [0.25, 0.3) is 5.69 Å². The van der Waals surface area contributed by atoms with Gasteiger partial charge in [-0.1, -0.05) is 12.1 Å². The van der Waals surface area contributed by atoms with E-state index in [-0.39, 0.29) is 17.6 Å². The molecule has 33 heavy (non-hydrogen) atoms. The number of nitrogens with one attached hydrogen (secondary N) is 1. The van der Waals surface area contributed by atoms with Crippen molar-refractivity contribution in [3.05, 3.63) is 114 Å². The van der Waals surface area contributed by atoms with Crippen LogP contribution < -0.4 is 5.32 Å². The fraction of sp³-hybridized carbons (Fsp3) is 0.120. The van der Waals surface area contributed by atoms with E-state index in [1.807, 2.05) is 60.8 Å². The first-order chi connectivity index (χ1) is 16.1. The van der Waals surface area contributed by atoms with Crippen molar-refractivity contribution in [2.24, 2.45) is 0 Å². The normalized spacial score (nSPS) is 17.7. The number of carboxylic acid groups (broad SMARTS) is 1. The number of aromatic nitrogens is 3. The molecule has 7 nitrogen and oxygen atoms in total. The van der Waals surface area contributed by atoms with Crippen molar-refractivity contribution in [2.75, 3.05) is 0 Å². The first-order valence-corrected chi connectivity index (χ1v) is 10.9. The number of benzene rings is 1. The minimum absolute atomic E-state index is 0.149. The molecular weight excluding hydrogens is 434 g/mol. The third kappa shape index (κ3) is 4.08. The highest BCUT2D eigenvalue weighted by molar-refractivity contribution is 7.80. The van der Waals surface area contributed by atoms with E-state index in [1.54, 1.807) is 24.5 Å². The van der Waals surface area contributed by atoms with E-state index in [1.165, 1.54) is 0 Å². The predicted octanol–water partition coefficient (Wildman–Crippen LogP) is 4.14. The van der Waals surface area contributed by atoms with Crippen LogP contribution in [0, 0.1) is 0 Å². The Morgan fingerprint density at radius 1 is 0.970 bits per heavy atom. The summed E-state index contributed by atoms with van der Waals surface area (Å²) in [5.74, 6) is -0.948. The molecule has 1 saturated heterocycles.